The highest BCUT2D eigenvalue weighted by atomic mass is 16.5. The fourth-order valence-electron chi connectivity index (χ4n) is 2.05. The maximum Gasteiger partial charge on any atom is 0.226 e. The molecular formula is C11H20N4O. The first-order valence-electron chi connectivity index (χ1n) is 5.91. The van der Waals surface area contributed by atoms with E-state index in [1.807, 2.05) is 6.92 Å². The standard InChI is InChI=1S/C11H20N4O/c1-8(12)11-13-10(16-14-11)7-9-3-5-15(2)6-4-9/h8-9H,3-7,12H2,1-2H3. The Labute approximate surface area is 96.0 Å². The van der Waals surface area contributed by atoms with Crippen LogP contribution in [0.15, 0.2) is 4.52 Å². The lowest BCUT2D eigenvalue weighted by molar-refractivity contribution is 0.208. The predicted octanol–water partition coefficient (Wildman–Crippen LogP) is 0.974. The van der Waals surface area contributed by atoms with Crippen LogP contribution in [-0.2, 0) is 6.42 Å². The number of nitrogens with zero attached hydrogens (tertiary/aromatic N) is 3. The number of nitrogens with two attached hydrogens (primary N) is 1. The molecule has 2 N–H and O–H groups in total. The van der Waals surface area contributed by atoms with E-state index in [0.29, 0.717) is 11.7 Å². The van der Waals surface area contributed by atoms with Gasteiger partial charge in [0.1, 0.15) is 0 Å². The molecule has 1 aliphatic heterocycles. The van der Waals surface area contributed by atoms with Crippen molar-refractivity contribution in [3.8, 4) is 0 Å². The van der Waals surface area contributed by atoms with E-state index in [2.05, 4.69) is 22.1 Å². The van der Waals surface area contributed by atoms with Crippen LogP contribution < -0.4 is 5.73 Å². The number of rotatable bonds is 3. The molecule has 2 heterocycles. The van der Waals surface area contributed by atoms with E-state index in [4.69, 9.17) is 10.3 Å². The summed E-state index contributed by atoms with van der Waals surface area (Å²) in [7, 11) is 2.16. The van der Waals surface area contributed by atoms with Gasteiger partial charge in [-0.2, -0.15) is 4.98 Å². The molecule has 1 fully saturated rings. The first-order valence-corrected chi connectivity index (χ1v) is 5.91. The van der Waals surface area contributed by atoms with Gasteiger partial charge in [-0.25, -0.2) is 0 Å². The lowest BCUT2D eigenvalue weighted by Crippen LogP contribution is -2.31. The van der Waals surface area contributed by atoms with E-state index >= 15 is 0 Å². The van der Waals surface area contributed by atoms with Crippen molar-refractivity contribution in [2.24, 2.45) is 11.7 Å². The molecule has 1 saturated heterocycles. The van der Waals surface area contributed by atoms with Gasteiger partial charge in [0.25, 0.3) is 0 Å². The summed E-state index contributed by atoms with van der Waals surface area (Å²) in [4.78, 5) is 6.67. The molecule has 0 aliphatic carbocycles. The second-order valence-electron chi connectivity index (χ2n) is 4.79. The third kappa shape index (κ3) is 2.80. The number of likely N-dealkylation sites (tertiary alicyclic amines) is 1. The van der Waals surface area contributed by atoms with Crippen LogP contribution in [0.3, 0.4) is 0 Å². The normalized spacial score (nSPS) is 21.2. The van der Waals surface area contributed by atoms with E-state index in [0.717, 1.165) is 12.3 Å². The average molecular weight is 224 g/mol. The second-order valence-corrected chi connectivity index (χ2v) is 4.79. The number of hydrogen-bond donors (Lipinski definition) is 1. The summed E-state index contributed by atoms with van der Waals surface area (Å²) in [6.07, 6.45) is 3.33. The Morgan fingerprint density at radius 2 is 2.19 bits per heavy atom. The minimum atomic E-state index is -0.144. The van der Waals surface area contributed by atoms with Gasteiger partial charge in [-0.1, -0.05) is 5.16 Å². The molecule has 1 aromatic rings. The first-order chi connectivity index (χ1) is 7.65. The minimum Gasteiger partial charge on any atom is -0.339 e. The highest BCUT2D eigenvalue weighted by Crippen LogP contribution is 2.20. The summed E-state index contributed by atoms with van der Waals surface area (Å²) in [5.74, 6) is 2.03. The van der Waals surface area contributed by atoms with Gasteiger partial charge < -0.3 is 15.2 Å². The molecule has 5 nitrogen and oxygen atoms in total. The minimum absolute atomic E-state index is 0.144. The fourth-order valence-corrected chi connectivity index (χ4v) is 2.05. The monoisotopic (exact) mass is 224 g/mol. The number of hydrogen-bond acceptors (Lipinski definition) is 5. The van der Waals surface area contributed by atoms with Crippen molar-refractivity contribution in [3.63, 3.8) is 0 Å². The summed E-state index contributed by atoms with van der Waals surface area (Å²) >= 11 is 0. The van der Waals surface area contributed by atoms with Crippen LogP contribution in [0.4, 0.5) is 0 Å². The molecule has 1 aromatic heterocycles. The molecule has 1 unspecified atom stereocenters. The van der Waals surface area contributed by atoms with Crippen LogP contribution in [0.2, 0.25) is 0 Å². The zero-order valence-electron chi connectivity index (χ0n) is 10.0. The smallest absolute Gasteiger partial charge is 0.226 e. The third-order valence-electron chi connectivity index (χ3n) is 3.19. The van der Waals surface area contributed by atoms with Gasteiger partial charge in [0.2, 0.25) is 5.89 Å². The van der Waals surface area contributed by atoms with Crippen molar-refractivity contribution in [2.75, 3.05) is 20.1 Å². The summed E-state index contributed by atoms with van der Waals surface area (Å²) in [5.41, 5.74) is 5.69. The van der Waals surface area contributed by atoms with Gasteiger partial charge in [0, 0.05) is 6.42 Å². The largest absolute Gasteiger partial charge is 0.339 e. The Balaban J connectivity index is 1.88. The van der Waals surface area contributed by atoms with Crippen LogP contribution in [0, 0.1) is 5.92 Å². The lowest BCUT2D eigenvalue weighted by Gasteiger charge is -2.27. The van der Waals surface area contributed by atoms with E-state index in [-0.39, 0.29) is 6.04 Å². The number of piperidine rings is 1. The lowest BCUT2D eigenvalue weighted by atomic mass is 9.94. The molecule has 0 aromatic carbocycles. The summed E-state index contributed by atoms with van der Waals surface area (Å²) in [6.45, 7) is 4.20. The SMILES string of the molecule is CC(N)c1noc(CC2CCN(C)CC2)n1. The van der Waals surface area contributed by atoms with Gasteiger partial charge >= 0.3 is 0 Å². The topological polar surface area (TPSA) is 68.2 Å². The van der Waals surface area contributed by atoms with Crippen molar-refractivity contribution < 1.29 is 4.52 Å². The van der Waals surface area contributed by atoms with Crippen molar-refractivity contribution >= 4 is 0 Å². The quantitative estimate of drug-likeness (QED) is 0.828. The second kappa shape index (κ2) is 4.93. The van der Waals surface area contributed by atoms with E-state index in [9.17, 15) is 0 Å². The van der Waals surface area contributed by atoms with Gasteiger partial charge in [-0.3, -0.25) is 0 Å². The maximum absolute atomic E-state index is 5.69. The molecule has 0 spiro atoms. The molecule has 1 atom stereocenters. The molecule has 0 radical (unpaired) electrons. The molecule has 2 rings (SSSR count). The van der Waals surface area contributed by atoms with Crippen molar-refractivity contribution in [1.82, 2.24) is 15.0 Å². The zero-order chi connectivity index (χ0) is 11.5. The summed E-state index contributed by atoms with van der Waals surface area (Å²) < 4.78 is 5.20. The predicted molar refractivity (Wildman–Crippen MR) is 60.8 cm³/mol. The Kier molecular flexibility index (Phi) is 3.56. The van der Waals surface area contributed by atoms with Crippen LogP contribution in [0.25, 0.3) is 0 Å². The molecular weight excluding hydrogens is 204 g/mol. The van der Waals surface area contributed by atoms with Gasteiger partial charge in [-0.05, 0) is 45.8 Å². The third-order valence-corrected chi connectivity index (χ3v) is 3.19. The van der Waals surface area contributed by atoms with Gasteiger partial charge in [0.05, 0.1) is 6.04 Å². The molecule has 1 aliphatic rings. The number of aromatic nitrogens is 2. The summed E-state index contributed by atoms with van der Waals surface area (Å²) in [6, 6.07) is -0.144. The van der Waals surface area contributed by atoms with Crippen LogP contribution in [0.5, 0.6) is 0 Å². The Bertz CT molecular complexity index is 328. The van der Waals surface area contributed by atoms with E-state index in [1.54, 1.807) is 0 Å². The Morgan fingerprint density at radius 1 is 1.50 bits per heavy atom. The van der Waals surface area contributed by atoms with Gasteiger partial charge in [-0.15, -0.1) is 0 Å². The van der Waals surface area contributed by atoms with Crippen molar-refractivity contribution in [3.05, 3.63) is 11.7 Å². The van der Waals surface area contributed by atoms with Crippen LogP contribution in [-0.4, -0.2) is 35.2 Å². The maximum atomic E-state index is 5.69. The fraction of sp³-hybridized carbons (Fsp3) is 0.818. The van der Waals surface area contributed by atoms with Crippen molar-refractivity contribution in [1.29, 1.82) is 0 Å². The molecule has 5 heteroatoms. The van der Waals surface area contributed by atoms with Crippen LogP contribution >= 0.6 is 0 Å². The molecule has 0 bridgehead atoms. The molecule has 0 amide bonds. The first kappa shape index (κ1) is 11.5. The molecule has 90 valence electrons. The molecule has 0 saturated carbocycles. The Morgan fingerprint density at radius 3 is 2.75 bits per heavy atom. The van der Waals surface area contributed by atoms with Gasteiger partial charge in [0.15, 0.2) is 5.82 Å². The van der Waals surface area contributed by atoms with E-state index < -0.39 is 0 Å². The highest BCUT2D eigenvalue weighted by molar-refractivity contribution is 4.92. The van der Waals surface area contributed by atoms with E-state index in [1.165, 1.54) is 25.9 Å². The summed E-state index contributed by atoms with van der Waals surface area (Å²) in [5, 5.41) is 3.87. The zero-order valence-corrected chi connectivity index (χ0v) is 10.0. The Hall–Kier alpha value is -0.940. The van der Waals surface area contributed by atoms with Crippen LogP contribution in [0.1, 0.15) is 37.5 Å². The average Bonchev–Trinajstić information content (AvgIpc) is 2.70. The van der Waals surface area contributed by atoms with Crippen molar-refractivity contribution in [2.45, 2.75) is 32.2 Å². The highest BCUT2D eigenvalue weighted by Gasteiger charge is 2.20. The molecule has 16 heavy (non-hydrogen) atoms.